The van der Waals surface area contributed by atoms with E-state index in [0.29, 0.717) is 29.8 Å². The topological polar surface area (TPSA) is 78.1 Å². The van der Waals surface area contributed by atoms with Crippen molar-refractivity contribution in [3.8, 4) is 17.2 Å². The number of hydrogen-bond acceptors (Lipinski definition) is 4. The highest BCUT2D eigenvalue weighted by Crippen LogP contribution is 2.38. The van der Waals surface area contributed by atoms with Crippen LogP contribution in [0.15, 0.2) is 17.1 Å². The van der Waals surface area contributed by atoms with E-state index in [1.54, 1.807) is 21.3 Å². The van der Waals surface area contributed by atoms with Crippen LogP contribution in [0.25, 0.3) is 0 Å². The van der Waals surface area contributed by atoms with E-state index in [0.717, 1.165) is 18.0 Å². The molecular weight excluding hydrogens is 282 g/mol. The van der Waals surface area contributed by atoms with E-state index in [-0.39, 0.29) is 0 Å². The summed E-state index contributed by atoms with van der Waals surface area (Å²) in [5.74, 6) is 3.03. The molecular formula is C16H25N3O3. The zero-order valence-corrected chi connectivity index (χ0v) is 13.5. The number of ether oxygens (including phenoxy) is 3. The predicted molar refractivity (Wildman–Crippen MR) is 86.8 cm³/mol. The molecule has 122 valence electrons. The van der Waals surface area contributed by atoms with E-state index >= 15 is 0 Å². The second-order valence-corrected chi connectivity index (χ2v) is 5.41. The van der Waals surface area contributed by atoms with Crippen LogP contribution < -0.4 is 25.3 Å². The van der Waals surface area contributed by atoms with Crippen molar-refractivity contribution < 1.29 is 14.2 Å². The van der Waals surface area contributed by atoms with Crippen molar-refractivity contribution >= 4 is 5.96 Å². The van der Waals surface area contributed by atoms with Gasteiger partial charge in [0.2, 0.25) is 5.75 Å². The van der Waals surface area contributed by atoms with Gasteiger partial charge in [0, 0.05) is 6.54 Å². The summed E-state index contributed by atoms with van der Waals surface area (Å²) < 4.78 is 16.0. The van der Waals surface area contributed by atoms with Crippen molar-refractivity contribution in [1.29, 1.82) is 0 Å². The molecule has 1 saturated carbocycles. The number of hydrogen-bond donors (Lipinski definition) is 2. The van der Waals surface area contributed by atoms with Crippen LogP contribution in [0.2, 0.25) is 0 Å². The Morgan fingerprint density at radius 2 is 1.82 bits per heavy atom. The van der Waals surface area contributed by atoms with Gasteiger partial charge >= 0.3 is 0 Å². The maximum atomic E-state index is 5.90. The second kappa shape index (κ2) is 7.77. The zero-order valence-electron chi connectivity index (χ0n) is 13.5. The molecule has 6 nitrogen and oxygen atoms in total. The minimum atomic E-state index is 0.459. The average molecular weight is 307 g/mol. The van der Waals surface area contributed by atoms with E-state index in [4.69, 9.17) is 19.9 Å². The molecule has 3 N–H and O–H groups in total. The minimum absolute atomic E-state index is 0.459. The summed E-state index contributed by atoms with van der Waals surface area (Å²) in [6, 6.07) is 3.76. The second-order valence-electron chi connectivity index (χ2n) is 5.41. The lowest BCUT2D eigenvalue weighted by Crippen LogP contribution is -2.37. The summed E-state index contributed by atoms with van der Waals surface area (Å²) in [7, 11) is 4.78. The number of benzene rings is 1. The molecule has 22 heavy (non-hydrogen) atoms. The van der Waals surface area contributed by atoms with Gasteiger partial charge in [-0.15, -0.1) is 0 Å². The normalized spacial score (nSPS) is 15.1. The third kappa shape index (κ3) is 3.96. The van der Waals surface area contributed by atoms with Crippen molar-refractivity contribution in [3.05, 3.63) is 17.7 Å². The van der Waals surface area contributed by atoms with Gasteiger partial charge < -0.3 is 25.3 Å². The number of nitrogens with one attached hydrogen (secondary N) is 1. The first-order valence-corrected chi connectivity index (χ1v) is 7.50. The smallest absolute Gasteiger partial charge is 0.203 e. The highest BCUT2D eigenvalue weighted by Gasteiger charge is 2.17. The fourth-order valence-electron chi connectivity index (χ4n) is 2.40. The van der Waals surface area contributed by atoms with Crippen LogP contribution in [0.5, 0.6) is 17.2 Å². The summed E-state index contributed by atoms with van der Waals surface area (Å²) >= 11 is 0. The molecule has 0 bridgehead atoms. The SMILES string of the molecule is COc1cc(CN=C(N)NCC2CCC2)cc(OC)c1OC. The van der Waals surface area contributed by atoms with E-state index in [9.17, 15) is 0 Å². The molecule has 0 atom stereocenters. The molecule has 0 unspecified atom stereocenters. The van der Waals surface area contributed by atoms with Gasteiger partial charge in [0.25, 0.3) is 0 Å². The minimum Gasteiger partial charge on any atom is -0.493 e. The lowest BCUT2D eigenvalue weighted by molar-refractivity contribution is 0.315. The number of rotatable bonds is 7. The quantitative estimate of drug-likeness (QED) is 0.594. The molecule has 0 saturated heterocycles. The Kier molecular flexibility index (Phi) is 5.75. The van der Waals surface area contributed by atoms with Gasteiger partial charge in [-0.25, -0.2) is 4.99 Å². The molecule has 1 aliphatic rings. The Morgan fingerprint density at radius 1 is 1.18 bits per heavy atom. The van der Waals surface area contributed by atoms with Crippen LogP contribution in [0, 0.1) is 5.92 Å². The average Bonchev–Trinajstić information content (AvgIpc) is 2.50. The van der Waals surface area contributed by atoms with Crippen LogP contribution in [-0.2, 0) is 6.54 Å². The number of nitrogens with zero attached hydrogens (tertiary/aromatic N) is 1. The molecule has 0 spiro atoms. The van der Waals surface area contributed by atoms with Crippen molar-refractivity contribution in [3.63, 3.8) is 0 Å². The fraction of sp³-hybridized carbons (Fsp3) is 0.562. The number of nitrogens with two attached hydrogens (primary N) is 1. The third-order valence-electron chi connectivity index (χ3n) is 3.95. The first-order chi connectivity index (χ1) is 10.7. The van der Waals surface area contributed by atoms with Gasteiger partial charge in [-0.3, -0.25) is 0 Å². The maximum absolute atomic E-state index is 5.90. The molecule has 1 aliphatic carbocycles. The molecule has 1 fully saturated rings. The summed E-state index contributed by atoms with van der Waals surface area (Å²) in [4.78, 5) is 4.36. The van der Waals surface area contributed by atoms with E-state index < -0.39 is 0 Å². The van der Waals surface area contributed by atoms with Crippen LogP contribution in [0.4, 0.5) is 0 Å². The van der Waals surface area contributed by atoms with Gasteiger partial charge in [0.15, 0.2) is 17.5 Å². The largest absolute Gasteiger partial charge is 0.493 e. The van der Waals surface area contributed by atoms with Crippen LogP contribution in [0.3, 0.4) is 0 Å². The number of methoxy groups -OCH3 is 3. The summed E-state index contributed by atoms with van der Waals surface area (Å²) in [6.07, 6.45) is 3.90. The molecule has 1 aromatic rings. The van der Waals surface area contributed by atoms with Gasteiger partial charge in [0.05, 0.1) is 27.9 Å². The van der Waals surface area contributed by atoms with Gasteiger partial charge in [-0.05, 0) is 36.5 Å². The highest BCUT2D eigenvalue weighted by atomic mass is 16.5. The molecule has 6 heteroatoms. The Morgan fingerprint density at radius 3 is 2.27 bits per heavy atom. The molecule has 0 radical (unpaired) electrons. The molecule has 0 aromatic heterocycles. The molecule has 0 aliphatic heterocycles. The Bertz CT molecular complexity index is 502. The highest BCUT2D eigenvalue weighted by molar-refractivity contribution is 5.77. The molecule has 1 aromatic carbocycles. The van der Waals surface area contributed by atoms with Crippen molar-refractivity contribution in [2.75, 3.05) is 27.9 Å². The summed E-state index contributed by atoms with van der Waals surface area (Å²) in [5, 5.41) is 3.18. The Hall–Kier alpha value is -2.11. The van der Waals surface area contributed by atoms with E-state index in [1.807, 2.05) is 12.1 Å². The zero-order chi connectivity index (χ0) is 15.9. The molecule has 2 rings (SSSR count). The fourth-order valence-corrected chi connectivity index (χ4v) is 2.40. The lowest BCUT2D eigenvalue weighted by Gasteiger charge is -2.25. The van der Waals surface area contributed by atoms with Crippen molar-refractivity contribution in [2.24, 2.45) is 16.6 Å². The monoisotopic (exact) mass is 307 g/mol. The van der Waals surface area contributed by atoms with E-state index in [1.165, 1.54) is 19.3 Å². The van der Waals surface area contributed by atoms with Crippen LogP contribution in [0.1, 0.15) is 24.8 Å². The standard InChI is InChI=1S/C16H25N3O3/c1-20-13-7-12(8-14(21-2)15(13)22-3)10-19-16(17)18-9-11-5-4-6-11/h7-8,11H,4-6,9-10H2,1-3H3,(H3,17,18,19). The van der Waals surface area contributed by atoms with Crippen LogP contribution in [-0.4, -0.2) is 33.8 Å². The lowest BCUT2D eigenvalue weighted by atomic mass is 9.85. The summed E-state index contributed by atoms with van der Waals surface area (Å²) in [6.45, 7) is 1.37. The van der Waals surface area contributed by atoms with Crippen molar-refractivity contribution in [1.82, 2.24) is 5.32 Å². The number of guanidine groups is 1. The molecule has 0 heterocycles. The van der Waals surface area contributed by atoms with Crippen LogP contribution >= 0.6 is 0 Å². The maximum Gasteiger partial charge on any atom is 0.203 e. The van der Waals surface area contributed by atoms with E-state index in [2.05, 4.69) is 10.3 Å². The van der Waals surface area contributed by atoms with Gasteiger partial charge in [-0.2, -0.15) is 0 Å². The Balaban J connectivity index is 2.01. The van der Waals surface area contributed by atoms with Crippen molar-refractivity contribution in [2.45, 2.75) is 25.8 Å². The predicted octanol–water partition coefficient (Wildman–Crippen LogP) is 1.92. The molecule has 0 amide bonds. The summed E-state index contributed by atoms with van der Waals surface area (Å²) in [5.41, 5.74) is 6.84. The Labute approximate surface area is 131 Å². The van der Waals surface area contributed by atoms with Gasteiger partial charge in [-0.1, -0.05) is 6.42 Å². The first-order valence-electron chi connectivity index (χ1n) is 7.50. The first kappa shape index (κ1) is 16.3. The third-order valence-corrected chi connectivity index (χ3v) is 3.95. The van der Waals surface area contributed by atoms with Gasteiger partial charge in [0.1, 0.15) is 0 Å². The number of aliphatic imine (C=N–C) groups is 1.